The van der Waals surface area contributed by atoms with Crippen LogP contribution in [0.15, 0.2) is 65.6 Å². The molecule has 0 saturated heterocycles. The van der Waals surface area contributed by atoms with Crippen LogP contribution >= 0.6 is 11.6 Å². The summed E-state index contributed by atoms with van der Waals surface area (Å²) in [5, 5.41) is 0.196. The van der Waals surface area contributed by atoms with E-state index < -0.39 is 27.2 Å². The Morgan fingerprint density at radius 1 is 1.00 bits per heavy atom. The molecule has 7 nitrogen and oxygen atoms in total. The summed E-state index contributed by atoms with van der Waals surface area (Å²) in [6.07, 6.45) is 2.30. The van der Waals surface area contributed by atoms with Crippen molar-refractivity contribution >= 4 is 33.2 Å². The maximum atomic E-state index is 15.6. The van der Waals surface area contributed by atoms with Crippen LogP contribution in [0.25, 0.3) is 0 Å². The summed E-state index contributed by atoms with van der Waals surface area (Å²) < 4.78 is 55.8. The second-order valence-electron chi connectivity index (χ2n) is 10.7. The highest BCUT2D eigenvalue weighted by molar-refractivity contribution is 7.93. The molecule has 0 spiro atoms. The third kappa shape index (κ3) is 5.94. The van der Waals surface area contributed by atoms with Crippen molar-refractivity contribution in [2.24, 2.45) is 0 Å². The van der Waals surface area contributed by atoms with Crippen molar-refractivity contribution < 1.29 is 27.1 Å². The van der Waals surface area contributed by atoms with Crippen LogP contribution in [0, 0.1) is 5.82 Å². The lowest BCUT2D eigenvalue weighted by molar-refractivity contribution is -0.121. The standard InChI is InChI=1S/C31H36ClFN2O5S/c1-21(2)40-22-13-15-23(16-14-22)41(37,38)35-28-20-29(39-5)26(32)19-25(28)31(30(35)36,17-9-6-10-18-34(3)4)24-11-7-8-12-27(24)33/h7-8,11-16,19-21H,6,9-10,17-18H2,1-5H3. The van der Waals surface area contributed by atoms with E-state index in [4.69, 9.17) is 21.1 Å². The first-order valence-corrected chi connectivity index (χ1v) is 15.4. The molecule has 1 unspecified atom stereocenters. The quantitative estimate of drug-likeness (QED) is 0.223. The minimum Gasteiger partial charge on any atom is -0.495 e. The number of hydrogen-bond donors (Lipinski definition) is 0. The molecule has 1 amide bonds. The molecule has 0 bridgehead atoms. The summed E-state index contributed by atoms with van der Waals surface area (Å²) in [4.78, 5) is 16.6. The van der Waals surface area contributed by atoms with Gasteiger partial charge in [0.15, 0.2) is 0 Å². The first-order chi connectivity index (χ1) is 19.4. The van der Waals surface area contributed by atoms with E-state index in [1.165, 1.54) is 37.4 Å². The first kappa shape index (κ1) is 30.8. The Morgan fingerprint density at radius 2 is 1.68 bits per heavy atom. The van der Waals surface area contributed by atoms with Gasteiger partial charge in [-0.25, -0.2) is 17.1 Å². The number of halogens is 2. The molecule has 0 radical (unpaired) electrons. The van der Waals surface area contributed by atoms with Crippen LogP contribution in [0.3, 0.4) is 0 Å². The maximum absolute atomic E-state index is 15.6. The number of carbonyl (C=O) groups excluding carboxylic acids is 1. The average Bonchev–Trinajstić information content (AvgIpc) is 3.15. The lowest BCUT2D eigenvalue weighted by Gasteiger charge is -2.30. The number of rotatable bonds is 12. The SMILES string of the molecule is COc1cc2c(cc1Cl)C(CCCCCN(C)C)(c1ccccc1F)C(=O)N2S(=O)(=O)c1ccc(OC(C)C)cc1. The second-order valence-corrected chi connectivity index (χ2v) is 12.9. The van der Waals surface area contributed by atoms with Crippen LogP contribution in [0.2, 0.25) is 5.02 Å². The number of nitrogens with zero attached hydrogens (tertiary/aromatic N) is 2. The topological polar surface area (TPSA) is 76.2 Å². The molecule has 1 aliphatic rings. The number of anilines is 1. The van der Waals surface area contributed by atoms with Gasteiger partial charge < -0.3 is 14.4 Å². The lowest BCUT2D eigenvalue weighted by atomic mass is 9.71. The highest BCUT2D eigenvalue weighted by Crippen LogP contribution is 2.53. The Labute approximate surface area is 246 Å². The number of unbranched alkanes of at least 4 members (excludes halogenated alkanes) is 2. The summed E-state index contributed by atoms with van der Waals surface area (Å²) in [6.45, 7) is 4.59. The van der Waals surface area contributed by atoms with Crippen molar-refractivity contribution in [1.29, 1.82) is 0 Å². The van der Waals surface area contributed by atoms with E-state index in [0.29, 0.717) is 17.7 Å². The van der Waals surface area contributed by atoms with Gasteiger partial charge in [0, 0.05) is 11.6 Å². The second kappa shape index (κ2) is 12.4. The van der Waals surface area contributed by atoms with Crippen LogP contribution in [0.1, 0.15) is 50.7 Å². The highest BCUT2D eigenvalue weighted by atomic mass is 35.5. The third-order valence-corrected chi connectivity index (χ3v) is 9.23. The third-order valence-electron chi connectivity index (χ3n) is 7.22. The minimum absolute atomic E-state index is 0.0929. The van der Waals surface area contributed by atoms with Crippen LogP contribution in [-0.4, -0.2) is 53.1 Å². The molecule has 0 N–H and O–H groups in total. The molecule has 0 saturated carbocycles. The van der Waals surface area contributed by atoms with Crippen molar-refractivity contribution in [2.75, 3.05) is 32.1 Å². The molecule has 1 atom stereocenters. The van der Waals surface area contributed by atoms with E-state index in [1.54, 1.807) is 30.3 Å². The Hall–Kier alpha value is -3.14. The Bertz CT molecular complexity index is 1510. The summed E-state index contributed by atoms with van der Waals surface area (Å²) in [5.41, 5.74) is -1.08. The molecule has 41 heavy (non-hydrogen) atoms. The van der Waals surface area contributed by atoms with Gasteiger partial charge in [-0.2, -0.15) is 0 Å². The zero-order chi connectivity index (χ0) is 29.9. The molecule has 0 fully saturated rings. The van der Waals surface area contributed by atoms with Gasteiger partial charge in [-0.1, -0.05) is 42.6 Å². The normalized spacial score (nSPS) is 16.9. The fourth-order valence-corrected chi connectivity index (χ4v) is 7.07. The van der Waals surface area contributed by atoms with Crippen LogP contribution in [0.5, 0.6) is 11.5 Å². The van der Waals surface area contributed by atoms with Crippen LogP contribution in [-0.2, 0) is 20.2 Å². The zero-order valence-electron chi connectivity index (χ0n) is 24.0. The molecule has 0 aliphatic carbocycles. The van der Waals surface area contributed by atoms with Crippen molar-refractivity contribution in [2.45, 2.75) is 55.9 Å². The fraction of sp³-hybridized carbons (Fsp3) is 0.387. The van der Waals surface area contributed by atoms with Gasteiger partial charge in [-0.05, 0) is 89.3 Å². The number of ether oxygens (including phenoxy) is 2. The number of methoxy groups -OCH3 is 1. The molecule has 3 aromatic carbocycles. The number of fused-ring (bicyclic) bond motifs is 1. The molecule has 4 rings (SSSR count). The van der Waals surface area contributed by atoms with Gasteiger partial charge in [-0.3, -0.25) is 4.79 Å². The van der Waals surface area contributed by atoms with Crippen LogP contribution in [0.4, 0.5) is 10.1 Å². The Kier molecular flexibility index (Phi) is 9.31. The lowest BCUT2D eigenvalue weighted by Crippen LogP contribution is -2.44. The highest BCUT2D eigenvalue weighted by Gasteiger charge is 2.56. The number of benzene rings is 3. The van der Waals surface area contributed by atoms with Gasteiger partial charge in [0.1, 0.15) is 22.7 Å². The van der Waals surface area contributed by atoms with E-state index in [2.05, 4.69) is 4.90 Å². The largest absolute Gasteiger partial charge is 0.495 e. The van der Waals surface area contributed by atoms with Gasteiger partial charge in [0.25, 0.3) is 15.9 Å². The molecular weight excluding hydrogens is 567 g/mol. The summed E-state index contributed by atoms with van der Waals surface area (Å²) in [5.74, 6) is -0.646. The van der Waals surface area contributed by atoms with Crippen molar-refractivity contribution in [3.8, 4) is 11.5 Å². The minimum atomic E-state index is -4.42. The molecule has 1 aliphatic heterocycles. The predicted molar refractivity (Wildman–Crippen MR) is 159 cm³/mol. The van der Waals surface area contributed by atoms with Gasteiger partial charge in [0.2, 0.25) is 0 Å². The Balaban J connectivity index is 1.89. The van der Waals surface area contributed by atoms with E-state index in [9.17, 15) is 13.2 Å². The molecule has 1 heterocycles. The zero-order valence-corrected chi connectivity index (χ0v) is 25.6. The number of carbonyl (C=O) groups is 1. The van der Waals surface area contributed by atoms with Gasteiger partial charge in [-0.15, -0.1) is 0 Å². The van der Waals surface area contributed by atoms with Crippen LogP contribution < -0.4 is 13.8 Å². The number of amides is 1. The Morgan fingerprint density at radius 3 is 2.29 bits per heavy atom. The van der Waals surface area contributed by atoms with E-state index in [0.717, 1.165) is 23.7 Å². The van der Waals surface area contributed by atoms with E-state index >= 15 is 4.39 Å². The maximum Gasteiger partial charge on any atom is 0.270 e. The molecule has 220 valence electrons. The summed E-state index contributed by atoms with van der Waals surface area (Å²) in [6, 6.07) is 14.9. The molecule has 10 heteroatoms. The summed E-state index contributed by atoms with van der Waals surface area (Å²) in [7, 11) is 0.953. The molecular formula is C31H36ClFN2O5S. The first-order valence-electron chi connectivity index (χ1n) is 13.6. The van der Waals surface area contributed by atoms with Crippen molar-refractivity contribution in [3.05, 3.63) is 82.6 Å². The van der Waals surface area contributed by atoms with Gasteiger partial charge in [0.05, 0.1) is 28.8 Å². The van der Waals surface area contributed by atoms with Crippen molar-refractivity contribution in [1.82, 2.24) is 4.90 Å². The molecule has 0 aromatic heterocycles. The van der Waals surface area contributed by atoms with Crippen molar-refractivity contribution in [3.63, 3.8) is 0 Å². The summed E-state index contributed by atoms with van der Waals surface area (Å²) >= 11 is 6.55. The van der Waals surface area contributed by atoms with Gasteiger partial charge >= 0.3 is 0 Å². The van der Waals surface area contributed by atoms with E-state index in [-0.39, 0.29) is 39.4 Å². The monoisotopic (exact) mass is 602 g/mol. The predicted octanol–water partition coefficient (Wildman–Crippen LogP) is 6.42. The average molecular weight is 603 g/mol. The fourth-order valence-electron chi connectivity index (χ4n) is 5.35. The molecule has 3 aromatic rings. The number of sulfonamides is 1. The smallest absolute Gasteiger partial charge is 0.270 e. The number of hydrogen-bond acceptors (Lipinski definition) is 6. The van der Waals surface area contributed by atoms with E-state index in [1.807, 2.05) is 27.9 Å².